The summed E-state index contributed by atoms with van der Waals surface area (Å²) in [4.78, 5) is 8.62. The third-order valence-corrected chi connectivity index (χ3v) is 2.31. The monoisotopic (exact) mass is 166 g/mol. The Kier molecular flexibility index (Phi) is 2.08. The Morgan fingerprint density at radius 1 is 1.67 bits per heavy atom. The third-order valence-electron chi connectivity index (χ3n) is 2.31. The zero-order valence-electron chi connectivity index (χ0n) is 7.25. The van der Waals surface area contributed by atoms with Crippen LogP contribution in [0.4, 0.5) is 0 Å². The van der Waals surface area contributed by atoms with Gasteiger partial charge in [0.1, 0.15) is 11.9 Å². The topological polar surface area (TPSA) is 48.8 Å². The summed E-state index contributed by atoms with van der Waals surface area (Å²) >= 11 is 0. The van der Waals surface area contributed by atoms with Crippen molar-refractivity contribution in [3.8, 4) is 0 Å². The van der Waals surface area contributed by atoms with Crippen LogP contribution in [0.5, 0.6) is 0 Å². The summed E-state index contributed by atoms with van der Waals surface area (Å²) in [5, 5.41) is 6.42. The highest BCUT2D eigenvalue weighted by Crippen LogP contribution is 2.12. The molecule has 0 bridgehead atoms. The number of amidine groups is 1. The van der Waals surface area contributed by atoms with Crippen LogP contribution in [0.3, 0.4) is 0 Å². The maximum Gasteiger partial charge on any atom is 0.130 e. The van der Waals surface area contributed by atoms with Gasteiger partial charge in [-0.15, -0.1) is 0 Å². The van der Waals surface area contributed by atoms with E-state index in [1.807, 2.05) is 0 Å². The average molecular weight is 166 g/mol. The Hall–Kier alpha value is -0.900. The van der Waals surface area contributed by atoms with Gasteiger partial charge in [0.15, 0.2) is 0 Å². The van der Waals surface area contributed by atoms with Crippen molar-refractivity contribution < 1.29 is 0 Å². The lowest BCUT2D eigenvalue weighted by molar-refractivity contribution is 0.444. The Bertz CT molecular complexity index is 221. The molecule has 2 aliphatic heterocycles. The number of hydrogen-bond acceptors (Lipinski definition) is 4. The molecule has 66 valence electrons. The van der Waals surface area contributed by atoms with Crippen LogP contribution in [0.2, 0.25) is 0 Å². The number of fused-ring (bicyclic) bond motifs is 1. The first-order valence-corrected chi connectivity index (χ1v) is 4.47. The molecule has 2 aliphatic rings. The van der Waals surface area contributed by atoms with Crippen molar-refractivity contribution in [2.45, 2.75) is 31.8 Å². The van der Waals surface area contributed by atoms with Gasteiger partial charge in [0.2, 0.25) is 0 Å². The molecule has 2 unspecified atom stereocenters. The Morgan fingerprint density at radius 3 is 3.42 bits per heavy atom. The van der Waals surface area contributed by atoms with E-state index in [4.69, 9.17) is 0 Å². The molecule has 0 amide bonds. The Labute approximate surface area is 72.2 Å². The number of hydrogen-bond donors (Lipinski definition) is 2. The van der Waals surface area contributed by atoms with E-state index in [-0.39, 0.29) is 6.04 Å². The van der Waals surface area contributed by atoms with Gasteiger partial charge in [-0.1, -0.05) is 13.3 Å². The lowest BCUT2D eigenvalue weighted by Crippen LogP contribution is -2.48. The molecule has 2 rings (SSSR count). The van der Waals surface area contributed by atoms with Crippen molar-refractivity contribution in [2.75, 3.05) is 6.67 Å². The molecule has 2 N–H and O–H groups in total. The Morgan fingerprint density at radius 2 is 2.58 bits per heavy atom. The summed E-state index contributed by atoms with van der Waals surface area (Å²) in [6.45, 7) is 2.92. The molecule has 0 spiro atoms. The van der Waals surface area contributed by atoms with E-state index in [2.05, 4.69) is 27.5 Å². The van der Waals surface area contributed by atoms with E-state index in [1.54, 1.807) is 6.34 Å². The molecule has 0 saturated heterocycles. The fourth-order valence-corrected chi connectivity index (χ4v) is 1.70. The second kappa shape index (κ2) is 3.23. The maximum atomic E-state index is 4.33. The van der Waals surface area contributed by atoms with Crippen molar-refractivity contribution in [1.29, 1.82) is 0 Å². The van der Waals surface area contributed by atoms with E-state index < -0.39 is 0 Å². The van der Waals surface area contributed by atoms with Gasteiger partial charge in [0.05, 0.1) is 13.0 Å². The van der Waals surface area contributed by atoms with Crippen LogP contribution < -0.4 is 10.6 Å². The predicted molar refractivity (Wildman–Crippen MR) is 49.5 cm³/mol. The van der Waals surface area contributed by atoms with Crippen LogP contribution in [-0.2, 0) is 0 Å². The minimum absolute atomic E-state index is 0.249. The van der Waals surface area contributed by atoms with Gasteiger partial charge in [-0.25, -0.2) is 0 Å². The smallest absolute Gasteiger partial charge is 0.130 e. The van der Waals surface area contributed by atoms with Gasteiger partial charge in [-0.2, -0.15) is 0 Å². The summed E-state index contributed by atoms with van der Waals surface area (Å²) in [6.07, 6.45) is 4.11. The fourth-order valence-electron chi connectivity index (χ4n) is 1.70. The van der Waals surface area contributed by atoms with E-state index in [9.17, 15) is 0 Å². The molecule has 4 nitrogen and oxygen atoms in total. The number of nitrogens with zero attached hydrogens (tertiary/aromatic N) is 2. The minimum atomic E-state index is 0.249. The van der Waals surface area contributed by atoms with E-state index in [1.165, 1.54) is 12.8 Å². The average Bonchev–Trinajstić information content (AvgIpc) is 2.53. The predicted octanol–water partition coefficient (Wildman–Crippen LogP) is 0.114. The van der Waals surface area contributed by atoms with Gasteiger partial charge < -0.3 is 5.32 Å². The summed E-state index contributed by atoms with van der Waals surface area (Å²) in [7, 11) is 0. The molecular weight excluding hydrogens is 152 g/mol. The molecule has 2 heterocycles. The summed E-state index contributed by atoms with van der Waals surface area (Å²) in [6, 6.07) is 0.729. The molecular formula is C8H14N4. The highest BCUT2D eigenvalue weighted by atomic mass is 15.2. The van der Waals surface area contributed by atoms with Crippen molar-refractivity contribution >= 4 is 12.2 Å². The molecule has 4 heteroatoms. The number of nitrogens with one attached hydrogen (secondary N) is 2. The molecule has 0 saturated carbocycles. The molecule has 0 fully saturated rings. The summed E-state index contributed by atoms with van der Waals surface area (Å²) in [5.41, 5.74) is 0. The van der Waals surface area contributed by atoms with Crippen LogP contribution in [0.1, 0.15) is 19.8 Å². The molecule has 0 aliphatic carbocycles. The SMILES string of the molecule is CCCC1NCN=C2NC=NC21. The van der Waals surface area contributed by atoms with Crippen LogP contribution in [-0.4, -0.2) is 30.9 Å². The highest BCUT2D eigenvalue weighted by molar-refractivity contribution is 6.01. The Balaban J connectivity index is 2.08. The van der Waals surface area contributed by atoms with Crippen molar-refractivity contribution in [3.05, 3.63) is 0 Å². The van der Waals surface area contributed by atoms with E-state index in [0.717, 1.165) is 12.5 Å². The van der Waals surface area contributed by atoms with Gasteiger partial charge in [0.25, 0.3) is 0 Å². The lowest BCUT2D eigenvalue weighted by Gasteiger charge is -2.25. The number of aliphatic imine (C=N–C) groups is 2. The second-order valence-electron chi connectivity index (χ2n) is 3.17. The lowest BCUT2D eigenvalue weighted by atomic mass is 10.0. The maximum absolute atomic E-state index is 4.33. The highest BCUT2D eigenvalue weighted by Gasteiger charge is 2.29. The zero-order chi connectivity index (χ0) is 8.39. The van der Waals surface area contributed by atoms with Crippen molar-refractivity contribution in [1.82, 2.24) is 10.6 Å². The first kappa shape index (κ1) is 7.73. The largest absolute Gasteiger partial charge is 0.333 e. The van der Waals surface area contributed by atoms with E-state index in [0.29, 0.717) is 6.04 Å². The van der Waals surface area contributed by atoms with Crippen LogP contribution in [0.15, 0.2) is 9.98 Å². The second-order valence-corrected chi connectivity index (χ2v) is 3.17. The third kappa shape index (κ3) is 1.22. The van der Waals surface area contributed by atoms with E-state index >= 15 is 0 Å². The first-order valence-electron chi connectivity index (χ1n) is 4.47. The molecule has 12 heavy (non-hydrogen) atoms. The normalized spacial score (nSPS) is 32.6. The molecule has 0 aromatic carbocycles. The molecule has 0 aromatic rings. The van der Waals surface area contributed by atoms with Gasteiger partial charge in [0, 0.05) is 6.04 Å². The molecule has 0 aromatic heterocycles. The van der Waals surface area contributed by atoms with Gasteiger partial charge >= 0.3 is 0 Å². The quantitative estimate of drug-likeness (QED) is 0.612. The first-order chi connectivity index (χ1) is 5.92. The standard InChI is InChI=1S/C8H14N4/c1-2-3-6-7-8(11-4-9-6)12-5-10-7/h5-7,9H,2-4H2,1H3,(H,10,11,12). The van der Waals surface area contributed by atoms with Crippen LogP contribution in [0, 0.1) is 0 Å². The number of rotatable bonds is 2. The minimum Gasteiger partial charge on any atom is -0.333 e. The van der Waals surface area contributed by atoms with Crippen LogP contribution >= 0.6 is 0 Å². The van der Waals surface area contributed by atoms with Gasteiger partial charge in [-0.3, -0.25) is 15.3 Å². The molecule has 2 atom stereocenters. The van der Waals surface area contributed by atoms with Gasteiger partial charge in [-0.05, 0) is 6.42 Å². The summed E-state index contributed by atoms with van der Waals surface area (Å²) < 4.78 is 0. The summed E-state index contributed by atoms with van der Waals surface area (Å²) in [5.74, 6) is 1.03. The van der Waals surface area contributed by atoms with Crippen molar-refractivity contribution in [3.63, 3.8) is 0 Å². The molecule has 0 radical (unpaired) electrons. The van der Waals surface area contributed by atoms with Crippen LogP contribution in [0.25, 0.3) is 0 Å². The zero-order valence-corrected chi connectivity index (χ0v) is 7.25. The van der Waals surface area contributed by atoms with Crippen molar-refractivity contribution in [2.24, 2.45) is 9.98 Å². The fraction of sp³-hybridized carbons (Fsp3) is 0.750.